The largest absolute Gasteiger partial charge is 0.355 e. The Balaban J connectivity index is 2.21. The van der Waals surface area contributed by atoms with E-state index in [0.717, 1.165) is 24.7 Å². The summed E-state index contributed by atoms with van der Waals surface area (Å²) < 4.78 is 0. The van der Waals surface area contributed by atoms with E-state index in [1.165, 1.54) is 11.5 Å². The molecular weight excluding hydrogens is 218 g/mol. The Bertz CT molecular complexity index is 306. The van der Waals surface area contributed by atoms with Crippen LogP contribution < -0.4 is 4.90 Å². The molecule has 3 nitrogen and oxygen atoms in total. The number of aryl methyl sites for hydroxylation is 1. The molecule has 76 valence electrons. The normalized spacial score (nSPS) is 17.1. The zero-order valence-electron chi connectivity index (χ0n) is 8.03. The predicted molar refractivity (Wildman–Crippen MR) is 61.3 cm³/mol. The molecule has 1 aromatic heterocycles. The number of hydrogen-bond acceptors (Lipinski definition) is 4. The number of rotatable bonds is 1. The Morgan fingerprint density at radius 1 is 1.36 bits per heavy atom. The van der Waals surface area contributed by atoms with Crippen molar-refractivity contribution < 1.29 is 0 Å². The standard InChI is InChI=1S/C9H12ClN3S/c1-7-11-8(10)6-9(12-7)13-2-4-14-5-3-13/h6H,2-5H2,1H3. The number of aromatic nitrogens is 2. The minimum absolute atomic E-state index is 0.533. The van der Waals surface area contributed by atoms with E-state index >= 15 is 0 Å². The van der Waals surface area contributed by atoms with E-state index in [2.05, 4.69) is 14.9 Å². The first kappa shape index (κ1) is 10.1. The quantitative estimate of drug-likeness (QED) is 0.689. The van der Waals surface area contributed by atoms with E-state index in [0.29, 0.717) is 5.15 Å². The number of hydrogen-bond donors (Lipinski definition) is 0. The molecule has 2 rings (SSSR count). The predicted octanol–water partition coefficient (Wildman–Crippen LogP) is 1.99. The first-order valence-electron chi connectivity index (χ1n) is 4.59. The molecule has 0 saturated carbocycles. The minimum atomic E-state index is 0.533. The highest BCUT2D eigenvalue weighted by molar-refractivity contribution is 7.99. The number of thioether (sulfide) groups is 1. The lowest BCUT2D eigenvalue weighted by atomic mass is 10.4. The van der Waals surface area contributed by atoms with Gasteiger partial charge in [-0.05, 0) is 6.92 Å². The van der Waals surface area contributed by atoms with Gasteiger partial charge >= 0.3 is 0 Å². The van der Waals surface area contributed by atoms with E-state index in [1.54, 1.807) is 0 Å². The summed E-state index contributed by atoms with van der Waals surface area (Å²) in [4.78, 5) is 10.7. The third-order valence-electron chi connectivity index (χ3n) is 2.13. The zero-order valence-corrected chi connectivity index (χ0v) is 9.61. The highest BCUT2D eigenvalue weighted by Crippen LogP contribution is 2.19. The van der Waals surface area contributed by atoms with Gasteiger partial charge in [-0.25, -0.2) is 9.97 Å². The molecule has 5 heteroatoms. The van der Waals surface area contributed by atoms with Crippen molar-refractivity contribution in [3.05, 3.63) is 17.0 Å². The van der Waals surface area contributed by atoms with Gasteiger partial charge in [0.1, 0.15) is 16.8 Å². The molecule has 2 heterocycles. The fraction of sp³-hybridized carbons (Fsp3) is 0.556. The molecule has 0 amide bonds. The third kappa shape index (κ3) is 2.30. The molecule has 0 atom stereocenters. The second-order valence-corrected chi connectivity index (χ2v) is 4.81. The first-order valence-corrected chi connectivity index (χ1v) is 6.13. The van der Waals surface area contributed by atoms with Gasteiger partial charge in [-0.2, -0.15) is 11.8 Å². The first-order chi connectivity index (χ1) is 6.75. The minimum Gasteiger partial charge on any atom is -0.355 e. The van der Waals surface area contributed by atoms with Crippen molar-refractivity contribution in [2.24, 2.45) is 0 Å². The molecule has 1 aliphatic rings. The molecule has 14 heavy (non-hydrogen) atoms. The van der Waals surface area contributed by atoms with E-state index in [-0.39, 0.29) is 0 Å². The Kier molecular flexibility index (Phi) is 3.13. The summed E-state index contributed by atoms with van der Waals surface area (Å²) in [6, 6.07) is 1.84. The fourth-order valence-electron chi connectivity index (χ4n) is 1.47. The molecule has 0 aliphatic carbocycles. The van der Waals surface area contributed by atoms with Gasteiger partial charge in [0, 0.05) is 30.7 Å². The second kappa shape index (κ2) is 4.36. The molecular formula is C9H12ClN3S. The summed E-state index contributed by atoms with van der Waals surface area (Å²) >= 11 is 7.87. The van der Waals surface area contributed by atoms with Gasteiger partial charge in [-0.1, -0.05) is 11.6 Å². The van der Waals surface area contributed by atoms with Crippen molar-refractivity contribution in [1.82, 2.24) is 9.97 Å². The van der Waals surface area contributed by atoms with Crippen LogP contribution in [0.4, 0.5) is 5.82 Å². The summed E-state index contributed by atoms with van der Waals surface area (Å²) in [7, 11) is 0. The molecule has 1 aliphatic heterocycles. The van der Waals surface area contributed by atoms with Crippen molar-refractivity contribution in [2.45, 2.75) is 6.92 Å². The van der Waals surface area contributed by atoms with Crippen LogP contribution in [-0.2, 0) is 0 Å². The Labute approximate surface area is 92.9 Å². The SMILES string of the molecule is Cc1nc(Cl)cc(N2CCSCC2)n1. The maximum absolute atomic E-state index is 5.89. The Hall–Kier alpha value is -0.480. The van der Waals surface area contributed by atoms with Crippen LogP contribution in [0.5, 0.6) is 0 Å². The molecule has 1 saturated heterocycles. The van der Waals surface area contributed by atoms with Crippen LogP contribution >= 0.6 is 23.4 Å². The highest BCUT2D eigenvalue weighted by atomic mass is 35.5. The maximum Gasteiger partial charge on any atom is 0.134 e. The lowest BCUT2D eigenvalue weighted by Gasteiger charge is -2.27. The van der Waals surface area contributed by atoms with Gasteiger partial charge < -0.3 is 4.90 Å². The molecule has 0 radical (unpaired) electrons. The molecule has 0 bridgehead atoms. The summed E-state index contributed by atoms with van der Waals surface area (Å²) in [5, 5.41) is 0.533. The van der Waals surface area contributed by atoms with Crippen LogP contribution in [0.3, 0.4) is 0 Å². The Morgan fingerprint density at radius 2 is 2.07 bits per heavy atom. The van der Waals surface area contributed by atoms with Gasteiger partial charge in [0.15, 0.2) is 0 Å². The van der Waals surface area contributed by atoms with Crippen molar-refractivity contribution in [1.29, 1.82) is 0 Å². The van der Waals surface area contributed by atoms with Crippen LogP contribution in [-0.4, -0.2) is 34.6 Å². The number of halogens is 1. The summed E-state index contributed by atoms with van der Waals surface area (Å²) in [6.07, 6.45) is 0. The summed E-state index contributed by atoms with van der Waals surface area (Å²) in [5.74, 6) is 4.04. The number of anilines is 1. The topological polar surface area (TPSA) is 29.0 Å². The van der Waals surface area contributed by atoms with Crippen LogP contribution in [0.2, 0.25) is 5.15 Å². The van der Waals surface area contributed by atoms with Gasteiger partial charge in [-0.15, -0.1) is 0 Å². The summed E-state index contributed by atoms with van der Waals surface area (Å²) in [5.41, 5.74) is 0. The maximum atomic E-state index is 5.89. The van der Waals surface area contributed by atoms with Crippen LogP contribution in [0.25, 0.3) is 0 Å². The molecule has 0 N–H and O–H groups in total. The molecule has 1 fully saturated rings. The number of nitrogens with zero attached hydrogens (tertiary/aromatic N) is 3. The van der Waals surface area contributed by atoms with Crippen molar-refractivity contribution in [3.8, 4) is 0 Å². The van der Waals surface area contributed by atoms with E-state index in [1.807, 2.05) is 24.8 Å². The lowest BCUT2D eigenvalue weighted by molar-refractivity contribution is 0.828. The van der Waals surface area contributed by atoms with E-state index < -0.39 is 0 Å². The second-order valence-electron chi connectivity index (χ2n) is 3.20. The summed E-state index contributed by atoms with van der Waals surface area (Å²) in [6.45, 7) is 3.98. The fourth-order valence-corrected chi connectivity index (χ4v) is 2.59. The highest BCUT2D eigenvalue weighted by Gasteiger charge is 2.13. The van der Waals surface area contributed by atoms with Gasteiger partial charge in [0.25, 0.3) is 0 Å². The van der Waals surface area contributed by atoms with Crippen LogP contribution in [0.1, 0.15) is 5.82 Å². The van der Waals surface area contributed by atoms with Crippen molar-refractivity contribution in [2.75, 3.05) is 29.5 Å². The zero-order chi connectivity index (χ0) is 9.97. The van der Waals surface area contributed by atoms with Gasteiger partial charge in [-0.3, -0.25) is 0 Å². The molecule has 1 aromatic rings. The van der Waals surface area contributed by atoms with E-state index in [4.69, 9.17) is 11.6 Å². The van der Waals surface area contributed by atoms with Crippen molar-refractivity contribution >= 4 is 29.2 Å². The van der Waals surface area contributed by atoms with E-state index in [9.17, 15) is 0 Å². The Morgan fingerprint density at radius 3 is 2.71 bits per heavy atom. The monoisotopic (exact) mass is 229 g/mol. The smallest absolute Gasteiger partial charge is 0.134 e. The average Bonchev–Trinajstić information content (AvgIpc) is 2.18. The average molecular weight is 230 g/mol. The molecule has 0 aromatic carbocycles. The van der Waals surface area contributed by atoms with Crippen LogP contribution in [0, 0.1) is 6.92 Å². The molecule has 0 unspecified atom stereocenters. The van der Waals surface area contributed by atoms with Crippen molar-refractivity contribution in [3.63, 3.8) is 0 Å². The van der Waals surface area contributed by atoms with Gasteiger partial charge in [0.05, 0.1) is 0 Å². The lowest BCUT2D eigenvalue weighted by Crippen LogP contribution is -2.33. The third-order valence-corrected chi connectivity index (χ3v) is 3.26. The van der Waals surface area contributed by atoms with Crippen LogP contribution in [0.15, 0.2) is 6.07 Å². The van der Waals surface area contributed by atoms with Gasteiger partial charge in [0.2, 0.25) is 0 Å². The molecule has 0 spiro atoms.